The summed E-state index contributed by atoms with van der Waals surface area (Å²) in [5.41, 5.74) is -0.597. The van der Waals surface area contributed by atoms with Crippen LogP contribution in [0.3, 0.4) is 0 Å². The number of nitrogens with zero attached hydrogens (tertiary/aromatic N) is 1. The van der Waals surface area contributed by atoms with E-state index in [1.165, 1.54) is 0 Å². The van der Waals surface area contributed by atoms with Gasteiger partial charge in [0.1, 0.15) is 0 Å². The maximum atomic E-state index is 10.9. The summed E-state index contributed by atoms with van der Waals surface area (Å²) in [6, 6.07) is 0. The van der Waals surface area contributed by atoms with Crippen LogP contribution in [0.15, 0.2) is 0 Å². The minimum absolute atomic E-state index is 0.368. The summed E-state index contributed by atoms with van der Waals surface area (Å²) >= 11 is 0. The molecule has 0 bridgehead atoms. The smallest absolute Gasteiger partial charge is 0.309 e. The second-order valence-electron chi connectivity index (χ2n) is 5.24. The highest BCUT2D eigenvalue weighted by atomic mass is 16.5. The molecule has 1 aliphatic rings. The first kappa shape index (κ1) is 13.5. The fourth-order valence-electron chi connectivity index (χ4n) is 2.04. The van der Waals surface area contributed by atoms with Crippen LogP contribution < -0.4 is 0 Å². The normalized spacial score (nSPS) is 22.6. The van der Waals surface area contributed by atoms with Gasteiger partial charge in [0.05, 0.1) is 11.5 Å². The highest BCUT2D eigenvalue weighted by molar-refractivity contribution is 5.73. The molecule has 16 heavy (non-hydrogen) atoms. The second-order valence-corrected chi connectivity index (χ2v) is 5.24. The van der Waals surface area contributed by atoms with Gasteiger partial charge >= 0.3 is 5.97 Å². The SMILES string of the molecule is COC1CCN(CCCC(C)(C)C(=O)O)C1. The van der Waals surface area contributed by atoms with Crippen LogP contribution >= 0.6 is 0 Å². The second kappa shape index (κ2) is 5.64. The summed E-state index contributed by atoms with van der Waals surface area (Å²) in [6.45, 7) is 6.63. The quantitative estimate of drug-likeness (QED) is 0.751. The summed E-state index contributed by atoms with van der Waals surface area (Å²) in [5.74, 6) is -0.705. The zero-order valence-electron chi connectivity index (χ0n) is 10.5. The van der Waals surface area contributed by atoms with E-state index in [9.17, 15) is 4.79 Å². The predicted molar refractivity (Wildman–Crippen MR) is 62.5 cm³/mol. The van der Waals surface area contributed by atoms with Crippen molar-refractivity contribution in [1.82, 2.24) is 4.90 Å². The Balaban J connectivity index is 2.19. The molecule has 1 rings (SSSR count). The number of methoxy groups -OCH3 is 1. The standard InChI is InChI=1S/C12H23NO3/c1-12(2,11(14)15)6-4-7-13-8-5-10(9-13)16-3/h10H,4-9H2,1-3H3,(H,14,15). The van der Waals surface area contributed by atoms with Gasteiger partial charge in [-0.3, -0.25) is 4.79 Å². The number of carboxylic acids is 1. The molecule has 1 atom stereocenters. The largest absolute Gasteiger partial charge is 0.481 e. The first-order valence-electron chi connectivity index (χ1n) is 5.94. The Kier molecular flexibility index (Phi) is 4.74. The van der Waals surface area contributed by atoms with Crippen LogP contribution in [0.1, 0.15) is 33.1 Å². The monoisotopic (exact) mass is 229 g/mol. The van der Waals surface area contributed by atoms with Crippen LogP contribution in [0.25, 0.3) is 0 Å². The van der Waals surface area contributed by atoms with E-state index < -0.39 is 11.4 Å². The molecule has 0 saturated carbocycles. The Morgan fingerprint density at radius 3 is 2.75 bits per heavy atom. The third-order valence-corrected chi connectivity index (χ3v) is 3.42. The van der Waals surface area contributed by atoms with Crippen LogP contribution in [0.4, 0.5) is 0 Å². The Bertz CT molecular complexity index is 240. The summed E-state index contributed by atoms with van der Waals surface area (Å²) in [6.07, 6.45) is 3.14. The lowest BCUT2D eigenvalue weighted by molar-refractivity contribution is -0.147. The van der Waals surface area contributed by atoms with Crippen molar-refractivity contribution in [2.45, 2.75) is 39.2 Å². The lowest BCUT2D eigenvalue weighted by Crippen LogP contribution is -2.28. The van der Waals surface area contributed by atoms with E-state index in [0.717, 1.165) is 38.9 Å². The third kappa shape index (κ3) is 3.76. The van der Waals surface area contributed by atoms with Crippen molar-refractivity contribution >= 4 is 5.97 Å². The molecule has 0 radical (unpaired) electrons. The number of carboxylic acid groups (broad SMARTS) is 1. The minimum atomic E-state index is -0.705. The molecule has 94 valence electrons. The fraction of sp³-hybridized carbons (Fsp3) is 0.917. The minimum Gasteiger partial charge on any atom is -0.481 e. The third-order valence-electron chi connectivity index (χ3n) is 3.42. The number of likely N-dealkylation sites (tertiary alicyclic amines) is 1. The lowest BCUT2D eigenvalue weighted by Gasteiger charge is -2.21. The van der Waals surface area contributed by atoms with Crippen molar-refractivity contribution in [1.29, 1.82) is 0 Å². The van der Waals surface area contributed by atoms with E-state index in [2.05, 4.69) is 4.90 Å². The van der Waals surface area contributed by atoms with E-state index in [1.54, 1.807) is 21.0 Å². The van der Waals surface area contributed by atoms with Gasteiger partial charge in [-0.05, 0) is 39.7 Å². The number of hydrogen-bond acceptors (Lipinski definition) is 3. The van der Waals surface area contributed by atoms with Crippen molar-refractivity contribution in [3.63, 3.8) is 0 Å². The van der Waals surface area contributed by atoms with Gasteiger partial charge < -0.3 is 14.7 Å². The van der Waals surface area contributed by atoms with Crippen LogP contribution in [0, 0.1) is 5.41 Å². The van der Waals surface area contributed by atoms with Gasteiger partial charge in [-0.2, -0.15) is 0 Å². The zero-order valence-corrected chi connectivity index (χ0v) is 10.5. The average molecular weight is 229 g/mol. The predicted octanol–water partition coefficient (Wildman–Crippen LogP) is 1.60. The van der Waals surface area contributed by atoms with E-state index in [4.69, 9.17) is 9.84 Å². The first-order valence-corrected chi connectivity index (χ1v) is 5.94. The Morgan fingerprint density at radius 2 is 2.25 bits per heavy atom. The molecular formula is C12H23NO3. The van der Waals surface area contributed by atoms with Crippen molar-refractivity contribution in [2.75, 3.05) is 26.7 Å². The highest BCUT2D eigenvalue weighted by Crippen LogP contribution is 2.23. The Hall–Kier alpha value is -0.610. The maximum absolute atomic E-state index is 10.9. The van der Waals surface area contributed by atoms with Crippen LogP contribution in [-0.2, 0) is 9.53 Å². The van der Waals surface area contributed by atoms with E-state index >= 15 is 0 Å². The van der Waals surface area contributed by atoms with E-state index in [0.29, 0.717) is 6.10 Å². The summed E-state index contributed by atoms with van der Waals surface area (Å²) in [5, 5.41) is 8.98. The van der Waals surface area contributed by atoms with Gasteiger partial charge in [0.2, 0.25) is 0 Å². The zero-order chi connectivity index (χ0) is 12.2. The van der Waals surface area contributed by atoms with Gasteiger partial charge in [-0.1, -0.05) is 0 Å². The average Bonchev–Trinajstić information content (AvgIpc) is 2.65. The molecule has 4 nitrogen and oxygen atoms in total. The molecule has 1 saturated heterocycles. The molecule has 0 spiro atoms. The molecule has 0 aliphatic carbocycles. The highest BCUT2D eigenvalue weighted by Gasteiger charge is 2.27. The van der Waals surface area contributed by atoms with Crippen LogP contribution in [-0.4, -0.2) is 48.8 Å². The number of carbonyl (C=O) groups is 1. The van der Waals surface area contributed by atoms with E-state index in [-0.39, 0.29) is 0 Å². The molecule has 1 heterocycles. The Labute approximate surface area is 97.6 Å². The van der Waals surface area contributed by atoms with E-state index in [1.807, 2.05) is 0 Å². The maximum Gasteiger partial charge on any atom is 0.309 e. The number of ether oxygens (including phenoxy) is 1. The summed E-state index contributed by atoms with van der Waals surface area (Å²) in [4.78, 5) is 13.3. The molecule has 1 unspecified atom stereocenters. The topological polar surface area (TPSA) is 49.8 Å². The first-order chi connectivity index (χ1) is 7.45. The van der Waals surface area contributed by atoms with Crippen molar-refractivity contribution in [3.8, 4) is 0 Å². The van der Waals surface area contributed by atoms with Gasteiger partial charge in [-0.25, -0.2) is 0 Å². The van der Waals surface area contributed by atoms with Gasteiger partial charge in [0, 0.05) is 20.2 Å². The molecule has 0 aromatic carbocycles. The molecule has 0 amide bonds. The van der Waals surface area contributed by atoms with Crippen LogP contribution in [0.5, 0.6) is 0 Å². The van der Waals surface area contributed by atoms with Crippen molar-refractivity contribution in [2.24, 2.45) is 5.41 Å². The molecule has 1 fully saturated rings. The fourth-order valence-corrected chi connectivity index (χ4v) is 2.04. The van der Waals surface area contributed by atoms with Crippen molar-refractivity contribution < 1.29 is 14.6 Å². The van der Waals surface area contributed by atoms with Crippen LogP contribution in [0.2, 0.25) is 0 Å². The molecule has 4 heteroatoms. The van der Waals surface area contributed by atoms with Gasteiger partial charge in [0.15, 0.2) is 0 Å². The van der Waals surface area contributed by atoms with Gasteiger partial charge in [-0.15, -0.1) is 0 Å². The lowest BCUT2D eigenvalue weighted by atomic mass is 9.88. The Morgan fingerprint density at radius 1 is 1.56 bits per heavy atom. The van der Waals surface area contributed by atoms with Crippen molar-refractivity contribution in [3.05, 3.63) is 0 Å². The molecule has 1 aliphatic heterocycles. The summed E-state index contributed by atoms with van der Waals surface area (Å²) in [7, 11) is 1.75. The molecule has 0 aromatic rings. The number of aliphatic carboxylic acids is 1. The summed E-state index contributed by atoms with van der Waals surface area (Å²) < 4.78 is 5.29. The molecule has 0 aromatic heterocycles. The van der Waals surface area contributed by atoms with Gasteiger partial charge in [0.25, 0.3) is 0 Å². The molecule has 1 N–H and O–H groups in total. The number of hydrogen-bond donors (Lipinski definition) is 1. The molecular weight excluding hydrogens is 206 g/mol. The number of rotatable bonds is 6.